The van der Waals surface area contributed by atoms with Gasteiger partial charge in [0.1, 0.15) is 11.4 Å². The SMILES string of the molecule is NNc1nc(NC(CO)(CO)CO)c2ccccc2n1. The van der Waals surface area contributed by atoms with E-state index in [1.807, 2.05) is 12.1 Å². The van der Waals surface area contributed by atoms with Gasteiger partial charge in [0.05, 0.1) is 25.3 Å². The minimum atomic E-state index is -1.27. The van der Waals surface area contributed by atoms with E-state index in [1.54, 1.807) is 12.1 Å². The summed E-state index contributed by atoms with van der Waals surface area (Å²) in [5.74, 6) is 5.87. The quantitative estimate of drug-likeness (QED) is 0.294. The van der Waals surface area contributed by atoms with Crippen LogP contribution in [0.25, 0.3) is 10.9 Å². The number of aliphatic hydroxyl groups is 3. The fourth-order valence-electron chi connectivity index (χ4n) is 1.76. The number of nitrogens with zero attached hydrogens (tertiary/aromatic N) is 2. The number of nitrogens with one attached hydrogen (secondary N) is 2. The van der Waals surface area contributed by atoms with Crippen LogP contribution in [0, 0.1) is 0 Å². The zero-order valence-electron chi connectivity index (χ0n) is 10.7. The molecule has 0 radical (unpaired) electrons. The molecule has 1 heterocycles. The number of rotatable bonds is 6. The highest BCUT2D eigenvalue weighted by Crippen LogP contribution is 2.24. The molecule has 2 rings (SSSR count). The summed E-state index contributed by atoms with van der Waals surface area (Å²) in [5, 5.41) is 31.7. The molecule has 0 unspecified atom stereocenters. The van der Waals surface area contributed by atoms with Gasteiger partial charge < -0.3 is 20.6 Å². The van der Waals surface area contributed by atoms with Gasteiger partial charge in [-0.05, 0) is 12.1 Å². The second-order valence-electron chi connectivity index (χ2n) is 4.44. The summed E-state index contributed by atoms with van der Waals surface area (Å²) in [6.45, 7) is -1.36. The first-order valence-electron chi connectivity index (χ1n) is 6.02. The molecule has 0 saturated heterocycles. The maximum atomic E-state index is 9.37. The van der Waals surface area contributed by atoms with Crippen LogP contribution in [0.15, 0.2) is 24.3 Å². The Kier molecular flexibility index (Phi) is 4.30. The fourth-order valence-corrected chi connectivity index (χ4v) is 1.76. The Hall–Kier alpha value is -2.00. The van der Waals surface area contributed by atoms with Gasteiger partial charge >= 0.3 is 0 Å². The van der Waals surface area contributed by atoms with Gasteiger partial charge in [0.15, 0.2) is 0 Å². The number of aromatic nitrogens is 2. The topological polar surface area (TPSA) is 137 Å². The molecule has 0 spiro atoms. The predicted octanol–water partition coefficient (Wildman–Crippen LogP) is -0.957. The number of hydrogen-bond acceptors (Lipinski definition) is 8. The Morgan fingerprint density at radius 3 is 2.30 bits per heavy atom. The van der Waals surface area contributed by atoms with Crippen molar-refractivity contribution in [2.45, 2.75) is 5.54 Å². The van der Waals surface area contributed by atoms with Crippen molar-refractivity contribution in [3.63, 3.8) is 0 Å². The number of anilines is 2. The first kappa shape index (κ1) is 14.4. The molecule has 2 aromatic rings. The molecule has 0 fully saturated rings. The van der Waals surface area contributed by atoms with Crippen molar-refractivity contribution in [2.24, 2.45) is 5.84 Å². The summed E-state index contributed by atoms with van der Waals surface area (Å²) in [7, 11) is 0. The number of hydrazine groups is 1. The lowest BCUT2D eigenvalue weighted by atomic mass is 10.0. The summed E-state index contributed by atoms with van der Waals surface area (Å²) in [6.07, 6.45) is 0. The maximum absolute atomic E-state index is 9.37. The average molecular weight is 279 g/mol. The van der Waals surface area contributed by atoms with Gasteiger partial charge in [0.2, 0.25) is 5.95 Å². The standard InChI is InChI=1S/C12H17N5O3/c13-17-11-14-9-4-2-1-3-8(9)10(15-11)16-12(5-18,6-19)7-20/h1-4,18-20H,5-7,13H2,(H2,14,15,16,17). The molecule has 0 bridgehead atoms. The molecule has 0 amide bonds. The van der Waals surface area contributed by atoms with E-state index in [4.69, 9.17) is 5.84 Å². The Bertz CT molecular complexity index is 580. The van der Waals surface area contributed by atoms with Gasteiger partial charge in [0.25, 0.3) is 0 Å². The van der Waals surface area contributed by atoms with Gasteiger partial charge in [-0.3, -0.25) is 5.43 Å². The largest absolute Gasteiger partial charge is 0.394 e. The average Bonchev–Trinajstić information content (AvgIpc) is 2.52. The Labute approximate surface area is 115 Å². The van der Waals surface area contributed by atoms with E-state index in [2.05, 4.69) is 20.7 Å². The van der Waals surface area contributed by atoms with Crippen LogP contribution >= 0.6 is 0 Å². The molecule has 0 saturated carbocycles. The molecule has 1 aromatic carbocycles. The third-order valence-corrected chi connectivity index (χ3v) is 3.02. The number of nitrogen functional groups attached to an aromatic ring is 1. The highest BCUT2D eigenvalue weighted by Gasteiger charge is 2.29. The van der Waals surface area contributed by atoms with Crippen molar-refractivity contribution >= 4 is 22.7 Å². The van der Waals surface area contributed by atoms with Crippen molar-refractivity contribution < 1.29 is 15.3 Å². The smallest absolute Gasteiger partial charge is 0.239 e. The number of fused-ring (bicyclic) bond motifs is 1. The van der Waals surface area contributed by atoms with Crippen LogP contribution in [0.1, 0.15) is 0 Å². The number of para-hydroxylation sites is 1. The second kappa shape index (κ2) is 5.97. The second-order valence-corrected chi connectivity index (χ2v) is 4.44. The number of nitrogens with two attached hydrogens (primary N) is 1. The monoisotopic (exact) mass is 279 g/mol. The lowest BCUT2D eigenvalue weighted by molar-refractivity contribution is 0.0832. The Morgan fingerprint density at radius 2 is 1.70 bits per heavy atom. The van der Waals surface area contributed by atoms with Crippen molar-refractivity contribution in [3.05, 3.63) is 24.3 Å². The molecule has 1 aromatic heterocycles. The van der Waals surface area contributed by atoms with Crippen molar-refractivity contribution in [1.29, 1.82) is 0 Å². The van der Waals surface area contributed by atoms with E-state index >= 15 is 0 Å². The van der Waals surface area contributed by atoms with Crippen LogP contribution < -0.4 is 16.6 Å². The lowest BCUT2D eigenvalue weighted by Crippen LogP contribution is -2.49. The van der Waals surface area contributed by atoms with Crippen LogP contribution in [0.3, 0.4) is 0 Å². The van der Waals surface area contributed by atoms with E-state index < -0.39 is 25.4 Å². The van der Waals surface area contributed by atoms with Crippen LogP contribution in [0.5, 0.6) is 0 Å². The summed E-state index contributed by atoms with van der Waals surface area (Å²) in [5.41, 5.74) is 1.71. The summed E-state index contributed by atoms with van der Waals surface area (Å²) in [4.78, 5) is 8.34. The molecular weight excluding hydrogens is 262 g/mol. The number of benzene rings is 1. The van der Waals surface area contributed by atoms with Crippen LogP contribution in [0.4, 0.5) is 11.8 Å². The van der Waals surface area contributed by atoms with Crippen molar-refractivity contribution in [3.8, 4) is 0 Å². The Balaban J connectivity index is 2.52. The molecule has 8 nitrogen and oxygen atoms in total. The lowest BCUT2D eigenvalue weighted by Gasteiger charge is -2.29. The van der Waals surface area contributed by atoms with E-state index in [9.17, 15) is 15.3 Å². The van der Waals surface area contributed by atoms with Crippen LogP contribution in [0.2, 0.25) is 0 Å². The Morgan fingerprint density at radius 1 is 1.05 bits per heavy atom. The highest BCUT2D eigenvalue weighted by molar-refractivity contribution is 5.90. The van der Waals surface area contributed by atoms with E-state index in [0.29, 0.717) is 16.7 Å². The van der Waals surface area contributed by atoms with Gasteiger partial charge in [-0.2, -0.15) is 4.98 Å². The van der Waals surface area contributed by atoms with Crippen molar-refractivity contribution in [1.82, 2.24) is 9.97 Å². The van der Waals surface area contributed by atoms with Gasteiger partial charge in [-0.15, -0.1) is 0 Å². The molecule has 0 aliphatic rings. The molecule has 7 N–H and O–H groups in total. The fraction of sp³-hybridized carbons (Fsp3) is 0.333. The minimum absolute atomic E-state index is 0.189. The molecule has 8 heteroatoms. The molecule has 0 aliphatic carbocycles. The van der Waals surface area contributed by atoms with E-state index in [0.717, 1.165) is 0 Å². The predicted molar refractivity (Wildman–Crippen MR) is 75.0 cm³/mol. The van der Waals surface area contributed by atoms with Crippen LogP contribution in [-0.4, -0.2) is 50.6 Å². The van der Waals surface area contributed by atoms with E-state index in [1.165, 1.54) is 0 Å². The minimum Gasteiger partial charge on any atom is -0.394 e. The first-order valence-corrected chi connectivity index (χ1v) is 6.02. The number of aliphatic hydroxyl groups excluding tert-OH is 3. The highest BCUT2D eigenvalue weighted by atomic mass is 16.3. The third kappa shape index (κ3) is 2.63. The molecule has 0 aliphatic heterocycles. The van der Waals surface area contributed by atoms with Crippen molar-refractivity contribution in [2.75, 3.05) is 30.6 Å². The summed E-state index contributed by atoms with van der Waals surface area (Å²) >= 11 is 0. The zero-order valence-corrected chi connectivity index (χ0v) is 10.7. The number of hydrogen-bond donors (Lipinski definition) is 6. The van der Waals surface area contributed by atoms with Gasteiger partial charge in [0, 0.05) is 5.39 Å². The summed E-state index contributed by atoms with van der Waals surface area (Å²) < 4.78 is 0. The molecule has 20 heavy (non-hydrogen) atoms. The molecule has 108 valence electrons. The van der Waals surface area contributed by atoms with Crippen LogP contribution in [-0.2, 0) is 0 Å². The third-order valence-electron chi connectivity index (χ3n) is 3.02. The maximum Gasteiger partial charge on any atom is 0.239 e. The first-order chi connectivity index (χ1) is 9.68. The van der Waals surface area contributed by atoms with Gasteiger partial charge in [-0.25, -0.2) is 10.8 Å². The molecule has 0 atom stereocenters. The zero-order chi connectivity index (χ0) is 14.6. The van der Waals surface area contributed by atoms with Gasteiger partial charge in [-0.1, -0.05) is 12.1 Å². The molecular formula is C12H17N5O3. The summed E-state index contributed by atoms with van der Waals surface area (Å²) in [6, 6.07) is 7.19. The van der Waals surface area contributed by atoms with E-state index in [-0.39, 0.29) is 5.95 Å². The normalized spacial score (nSPS) is 11.6.